The Balaban J connectivity index is 1.59. The summed E-state index contributed by atoms with van der Waals surface area (Å²) in [5, 5.41) is 15.6. The van der Waals surface area contributed by atoms with E-state index >= 15 is 0 Å². The van der Waals surface area contributed by atoms with E-state index in [9.17, 15) is 24.3 Å². The number of benzene rings is 2. The summed E-state index contributed by atoms with van der Waals surface area (Å²) in [6.45, 7) is 2.64. The molecule has 4 rings (SSSR count). The third-order valence-electron chi connectivity index (χ3n) is 7.18. The summed E-state index contributed by atoms with van der Waals surface area (Å²) in [6.07, 6.45) is -0.964. The first-order valence-electron chi connectivity index (χ1n) is 13.2. The Bertz CT molecular complexity index is 1240. The lowest BCUT2D eigenvalue weighted by Crippen LogP contribution is -2.76. The SMILES string of the molecule is CCN1CC(=O)N2[C@@H](CC(=O)O)C(=O)N(CCc3ccc(OC)c(OC)c3)C[C@@H]2N1C(=O)NCc1ccccc1. The summed E-state index contributed by atoms with van der Waals surface area (Å²) in [6, 6.07) is 13.2. The number of likely N-dealkylation sites (N-methyl/N-ethyl adjacent to an activating group) is 1. The molecule has 2 N–H and O–H groups in total. The van der Waals surface area contributed by atoms with Crippen LogP contribution in [0.15, 0.2) is 48.5 Å². The lowest BCUT2D eigenvalue weighted by Gasteiger charge is -2.54. The van der Waals surface area contributed by atoms with E-state index in [0.717, 1.165) is 11.1 Å². The van der Waals surface area contributed by atoms with E-state index in [2.05, 4.69) is 5.32 Å². The molecule has 40 heavy (non-hydrogen) atoms. The molecule has 0 aromatic heterocycles. The van der Waals surface area contributed by atoms with Gasteiger partial charge in [0.05, 0.1) is 33.7 Å². The summed E-state index contributed by atoms with van der Waals surface area (Å²) >= 11 is 0. The number of fused-ring (bicyclic) bond motifs is 1. The lowest BCUT2D eigenvalue weighted by atomic mass is 10.0. The maximum absolute atomic E-state index is 13.5. The number of carbonyl (C=O) groups excluding carboxylic acids is 3. The number of nitrogens with one attached hydrogen (secondary N) is 1. The second kappa shape index (κ2) is 12.7. The van der Waals surface area contributed by atoms with Gasteiger partial charge in [-0.25, -0.2) is 14.8 Å². The predicted octanol–water partition coefficient (Wildman–Crippen LogP) is 1.55. The number of hydrazine groups is 1. The number of carboxylic acids is 1. The van der Waals surface area contributed by atoms with E-state index in [-0.39, 0.29) is 26.2 Å². The van der Waals surface area contributed by atoms with E-state index < -0.39 is 42.4 Å². The van der Waals surface area contributed by atoms with Gasteiger partial charge in [-0.2, -0.15) is 0 Å². The monoisotopic (exact) mass is 553 g/mol. The molecular formula is C28H35N5O7. The van der Waals surface area contributed by atoms with Crippen LogP contribution in [0, 0.1) is 0 Å². The molecule has 2 aromatic carbocycles. The fourth-order valence-electron chi connectivity index (χ4n) is 5.19. The fourth-order valence-corrected chi connectivity index (χ4v) is 5.19. The van der Waals surface area contributed by atoms with E-state index in [1.807, 2.05) is 49.4 Å². The number of aliphatic carboxylic acids is 1. The number of carbonyl (C=O) groups is 4. The standard InChI is InChI=1S/C28H35N5O7/c1-4-31-18-25(34)32-21(15-26(35)36)27(37)30(13-12-19-10-11-22(39-2)23(14-19)40-3)17-24(32)33(31)28(38)29-16-20-8-6-5-7-9-20/h5-11,14,21,24H,4,12-13,15-18H2,1-3H3,(H,29,38)(H,35,36)/t21-,24-/m0/s1. The molecule has 12 heteroatoms. The highest BCUT2D eigenvalue weighted by atomic mass is 16.5. The van der Waals surface area contributed by atoms with Crippen LogP contribution in [-0.2, 0) is 27.3 Å². The highest BCUT2D eigenvalue weighted by Gasteiger charge is 2.51. The van der Waals surface area contributed by atoms with Gasteiger partial charge in [-0.15, -0.1) is 0 Å². The van der Waals surface area contributed by atoms with Gasteiger partial charge < -0.3 is 29.7 Å². The number of piperazine rings is 1. The number of amides is 4. The lowest BCUT2D eigenvalue weighted by molar-refractivity contribution is -0.191. The van der Waals surface area contributed by atoms with E-state index in [4.69, 9.17) is 9.47 Å². The van der Waals surface area contributed by atoms with Crippen LogP contribution in [0.5, 0.6) is 11.5 Å². The first kappa shape index (κ1) is 28.7. The molecule has 12 nitrogen and oxygen atoms in total. The molecule has 2 atom stereocenters. The Labute approximate surface area is 233 Å². The summed E-state index contributed by atoms with van der Waals surface area (Å²) in [7, 11) is 3.09. The minimum atomic E-state index is -1.22. The van der Waals surface area contributed by atoms with Crippen molar-refractivity contribution in [2.45, 2.75) is 38.5 Å². The molecule has 0 saturated carbocycles. The van der Waals surface area contributed by atoms with Gasteiger partial charge in [-0.1, -0.05) is 43.3 Å². The van der Waals surface area contributed by atoms with Crippen molar-refractivity contribution in [2.24, 2.45) is 0 Å². The number of nitrogens with zero attached hydrogens (tertiary/aromatic N) is 4. The van der Waals surface area contributed by atoms with Crippen molar-refractivity contribution in [2.75, 3.05) is 40.4 Å². The number of hydrogen-bond donors (Lipinski definition) is 2. The minimum Gasteiger partial charge on any atom is -0.493 e. The second-order valence-electron chi connectivity index (χ2n) is 9.59. The molecule has 0 aliphatic carbocycles. The number of rotatable bonds is 10. The first-order valence-corrected chi connectivity index (χ1v) is 13.2. The van der Waals surface area contributed by atoms with Crippen molar-refractivity contribution in [1.82, 2.24) is 25.1 Å². The Morgan fingerprint density at radius 1 is 1.02 bits per heavy atom. The molecule has 0 radical (unpaired) electrons. The number of ether oxygens (including phenoxy) is 2. The van der Waals surface area contributed by atoms with E-state index in [0.29, 0.717) is 24.5 Å². The van der Waals surface area contributed by atoms with Gasteiger partial charge >= 0.3 is 12.0 Å². The van der Waals surface area contributed by atoms with Gasteiger partial charge in [0.1, 0.15) is 12.2 Å². The fraction of sp³-hybridized carbons (Fsp3) is 0.429. The van der Waals surface area contributed by atoms with Gasteiger partial charge in [-0.05, 0) is 29.7 Å². The third kappa shape index (κ3) is 6.12. The van der Waals surface area contributed by atoms with Crippen LogP contribution < -0.4 is 14.8 Å². The normalized spacial score (nSPS) is 19.3. The molecule has 2 aliphatic heterocycles. The molecule has 214 valence electrons. The minimum absolute atomic E-state index is 0.0449. The number of hydrogen-bond acceptors (Lipinski definition) is 7. The zero-order valence-corrected chi connectivity index (χ0v) is 22.9. The molecule has 2 saturated heterocycles. The van der Waals surface area contributed by atoms with Gasteiger partial charge in [0.25, 0.3) is 0 Å². The molecule has 2 aliphatic rings. The van der Waals surface area contributed by atoms with Crippen molar-refractivity contribution in [3.05, 3.63) is 59.7 Å². The highest BCUT2D eigenvalue weighted by Crippen LogP contribution is 2.30. The van der Waals surface area contributed by atoms with Crippen LogP contribution in [-0.4, -0.2) is 101 Å². The zero-order valence-electron chi connectivity index (χ0n) is 22.9. The van der Waals surface area contributed by atoms with Crippen LogP contribution in [0.4, 0.5) is 4.79 Å². The Morgan fingerprint density at radius 3 is 2.40 bits per heavy atom. The van der Waals surface area contributed by atoms with Crippen LogP contribution in [0.1, 0.15) is 24.5 Å². The van der Waals surface area contributed by atoms with E-state index in [1.165, 1.54) is 21.9 Å². The van der Waals surface area contributed by atoms with Crippen LogP contribution in [0.25, 0.3) is 0 Å². The molecule has 0 unspecified atom stereocenters. The van der Waals surface area contributed by atoms with Crippen LogP contribution in [0.2, 0.25) is 0 Å². The predicted molar refractivity (Wildman–Crippen MR) is 144 cm³/mol. The molecule has 0 bridgehead atoms. The first-order chi connectivity index (χ1) is 19.3. The quantitative estimate of drug-likeness (QED) is 0.453. The van der Waals surface area contributed by atoms with Gasteiger partial charge in [-0.3, -0.25) is 14.4 Å². The van der Waals surface area contributed by atoms with Gasteiger partial charge in [0.15, 0.2) is 11.5 Å². The Kier molecular flexibility index (Phi) is 9.10. The molecular weight excluding hydrogens is 518 g/mol. The zero-order chi connectivity index (χ0) is 28.8. The van der Waals surface area contributed by atoms with Crippen molar-refractivity contribution >= 4 is 23.8 Å². The average Bonchev–Trinajstić information content (AvgIpc) is 2.96. The van der Waals surface area contributed by atoms with Gasteiger partial charge in [0.2, 0.25) is 11.8 Å². The third-order valence-corrected chi connectivity index (χ3v) is 7.18. The van der Waals surface area contributed by atoms with Crippen molar-refractivity contribution in [3.8, 4) is 11.5 Å². The molecule has 2 heterocycles. The molecule has 2 aromatic rings. The largest absolute Gasteiger partial charge is 0.493 e. The second-order valence-corrected chi connectivity index (χ2v) is 9.59. The Morgan fingerprint density at radius 2 is 1.75 bits per heavy atom. The maximum atomic E-state index is 13.5. The summed E-state index contributed by atoms with van der Waals surface area (Å²) < 4.78 is 10.7. The molecule has 4 amide bonds. The number of methoxy groups -OCH3 is 2. The topological polar surface area (TPSA) is 132 Å². The van der Waals surface area contributed by atoms with Crippen molar-refractivity contribution in [3.63, 3.8) is 0 Å². The van der Waals surface area contributed by atoms with Crippen molar-refractivity contribution in [1.29, 1.82) is 0 Å². The van der Waals surface area contributed by atoms with Crippen LogP contribution >= 0.6 is 0 Å². The van der Waals surface area contributed by atoms with Crippen molar-refractivity contribution < 1.29 is 33.8 Å². The van der Waals surface area contributed by atoms with E-state index in [1.54, 1.807) is 18.2 Å². The highest BCUT2D eigenvalue weighted by molar-refractivity contribution is 5.93. The average molecular weight is 554 g/mol. The summed E-state index contributed by atoms with van der Waals surface area (Å²) in [4.78, 5) is 54.9. The molecule has 0 spiro atoms. The summed E-state index contributed by atoms with van der Waals surface area (Å²) in [5.41, 5.74) is 1.79. The number of carboxylic acid groups (broad SMARTS) is 1. The Hall–Kier alpha value is -4.32. The van der Waals surface area contributed by atoms with Crippen LogP contribution in [0.3, 0.4) is 0 Å². The smallest absolute Gasteiger partial charge is 0.334 e. The molecule has 2 fully saturated rings. The summed E-state index contributed by atoms with van der Waals surface area (Å²) in [5.74, 6) is -0.919. The maximum Gasteiger partial charge on any atom is 0.334 e. The van der Waals surface area contributed by atoms with Gasteiger partial charge in [0, 0.05) is 19.6 Å². The number of urea groups is 1.